The van der Waals surface area contributed by atoms with Crippen molar-refractivity contribution in [3.63, 3.8) is 0 Å². The second kappa shape index (κ2) is 6.54. The first-order valence-corrected chi connectivity index (χ1v) is 5.71. The van der Waals surface area contributed by atoms with E-state index in [9.17, 15) is 0 Å². The van der Waals surface area contributed by atoms with Gasteiger partial charge in [-0.3, -0.25) is 4.99 Å². The number of benzene rings is 1. The normalized spacial score (nSPS) is 15.7. The van der Waals surface area contributed by atoms with Crippen LogP contribution in [0.4, 0.5) is 5.69 Å². The third-order valence-electron chi connectivity index (χ3n) is 2.71. The molecule has 1 aliphatic heterocycles. The van der Waals surface area contributed by atoms with Crippen molar-refractivity contribution in [1.82, 2.24) is 0 Å². The Kier molecular flexibility index (Phi) is 5.33. The second-order valence-corrected chi connectivity index (χ2v) is 4.13. The van der Waals surface area contributed by atoms with Crippen LogP contribution < -0.4 is 17.7 Å². The van der Waals surface area contributed by atoms with E-state index in [2.05, 4.69) is 41.5 Å². The van der Waals surface area contributed by atoms with E-state index in [4.69, 9.17) is 0 Å². The van der Waals surface area contributed by atoms with Gasteiger partial charge in [-0.05, 0) is 31.9 Å². The number of amidine groups is 1. The van der Waals surface area contributed by atoms with Crippen molar-refractivity contribution in [3.8, 4) is 0 Å². The maximum atomic E-state index is 4.55. The summed E-state index contributed by atoms with van der Waals surface area (Å²) in [4.78, 5) is 4.55. The lowest BCUT2D eigenvalue weighted by Gasteiger charge is -2.08. The minimum atomic E-state index is 0. The molecule has 0 fully saturated rings. The predicted molar refractivity (Wildman–Crippen MR) is 65.6 cm³/mol. The van der Waals surface area contributed by atoms with Crippen LogP contribution in [0.3, 0.4) is 0 Å². The van der Waals surface area contributed by atoms with Crippen LogP contribution in [0.2, 0.25) is 0 Å². The van der Waals surface area contributed by atoms with Gasteiger partial charge in [0.05, 0.1) is 0 Å². The highest BCUT2D eigenvalue weighted by molar-refractivity contribution is 5.95. The maximum Gasteiger partial charge on any atom is 0.101 e. The molecular weight excluding hydrogens is 220 g/mol. The zero-order chi connectivity index (χ0) is 10.5. The van der Waals surface area contributed by atoms with Crippen LogP contribution in [0.25, 0.3) is 0 Å². The molecule has 1 aromatic carbocycles. The standard InChI is InChI=1S/C13H18N2.ClH/c1-11-6-8-12(9-7-11)15-13-5-3-2-4-10-14-13;/h6-9H,2-5,10H2,1H3,(H,14,15);1H/p-1. The Hall–Kier alpha value is -1.02. The Morgan fingerprint density at radius 3 is 2.56 bits per heavy atom. The second-order valence-electron chi connectivity index (χ2n) is 4.13. The average molecular weight is 238 g/mol. The molecule has 0 unspecified atom stereocenters. The molecule has 1 N–H and O–H groups in total. The molecule has 0 atom stereocenters. The van der Waals surface area contributed by atoms with Gasteiger partial charge in [0, 0.05) is 18.7 Å². The lowest BCUT2D eigenvalue weighted by molar-refractivity contribution is -0.00000321. The number of halogens is 1. The van der Waals surface area contributed by atoms with Crippen LogP contribution in [-0.4, -0.2) is 12.4 Å². The average Bonchev–Trinajstić information content (AvgIpc) is 2.50. The highest BCUT2D eigenvalue weighted by Crippen LogP contribution is 2.12. The summed E-state index contributed by atoms with van der Waals surface area (Å²) in [5, 5.41) is 3.40. The zero-order valence-electron chi connectivity index (χ0n) is 9.67. The highest BCUT2D eigenvalue weighted by atomic mass is 35.5. The van der Waals surface area contributed by atoms with Crippen molar-refractivity contribution in [2.24, 2.45) is 4.99 Å². The van der Waals surface area contributed by atoms with Crippen molar-refractivity contribution in [2.45, 2.75) is 32.6 Å². The molecule has 88 valence electrons. The van der Waals surface area contributed by atoms with E-state index in [0.717, 1.165) is 24.5 Å². The molecular formula is C13H18ClN2-. The van der Waals surface area contributed by atoms with Gasteiger partial charge >= 0.3 is 0 Å². The highest BCUT2D eigenvalue weighted by Gasteiger charge is 2.03. The molecule has 1 heterocycles. The maximum absolute atomic E-state index is 4.55. The van der Waals surface area contributed by atoms with Gasteiger partial charge in [-0.2, -0.15) is 0 Å². The molecule has 0 radical (unpaired) electrons. The Morgan fingerprint density at radius 1 is 1.06 bits per heavy atom. The minimum Gasteiger partial charge on any atom is -1.00 e. The van der Waals surface area contributed by atoms with E-state index in [0.29, 0.717) is 0 Å². The van der Waals surface area contributed by atoms with Crippen molar-refractivity contribution in [3.05, 3.63) is 29.8 Å². The lowest BCUT2D eigenvalue weighted by Crippen LogP contribution is -3.00. The molecule has 1 aliphatic rings. The molecule has 0 saturated carbocycles. The Labute approximate surface area is 104 Å². The van der Waals surface area contributed by atoms with Gasteiger partial charge in [0.15, 0.2) is 0 Å². The number of nitrogens with one attached hydrogen (secondary N) is 1. The predicted octanol–water partition coefficient (Wildman–Crippen LogP) is 0.383. The smallest absolute Gasteiger partial charge is 0.101 e. The van der Waals surface area contributed by atoms with Crippen LogP contribution in [-0.2, 0) is 0 Å². The van der Waals surface area contributed by atoms with Crippen LogP contribution in [0.5, 0.6) is 0 Å². The van der Waals surface area contributed by atoms with Crippen molar-refractivity contribution < 1.29 is 12.4 Å². The number of hydrogen-bond donors (Lipinski definition) is 1. The van der Waals surface area contributed by atoms with Gasteiger partial charge in [-0.15, -0.1) is 0 Å². The minimum absolute atomic E-state index is 0. The summed E-state index contributed by atoms with van der Waals surface area (Å²) in [7, 11) is 0. The van der Waals surface area contributed by atoms with Crippen molar-refractivity contribution in [2.75, 3.05) is 11.9 Å². The van der Waals surface area contributed by atoms with Crippen LogP contribution in [0, 0.1) is 6.92 Å². The third kappa shape index (κ3) is 3.86. The van der Waals surface area contributed by atoms with E-state index in [-0.39, 0.29) is 12.4 Å². The Bertz CT molecular complexity index is 343. The summed E-state index contributed by atoms with van der Waals surface area (Å²) < 4.78 is 0. The van der Waals surface area contributed by atoms with Gasteiger partial charge in [0.2, 0.25) is 0 Å². The van der Waals surface area contributed by atoms with E-state index in [1.807, 2.05) is 0 Å². The van der Waals surface area contributed by atoms with Gasteiger partial charge in [-0.1, -0.05) is 24.1 Å². The zero-order valence-corrected chi connectivity index (χ0v) is 10.4. The molecule has 16 heavy (non-hydrogen) atoms. The number of aliphatic imine (C=N–C) groups is 1. The van der Waals surface area contributed by atoms with Crippen molar-refractivity contribution >= 4 is 11.5 Å². The topological polar surface area (TPSA) is 24.4 Å². The van der Waals surface area contributed by atoms with E-state index < -0.39 is 0 Å². The van der Waals surface area contributed by atoms with Gasteiger partial charge in [-0.25, -0.2) is 0 Å². The van der Waals surface area contributed by atoms with Gasteiger partial charge < -0.3 is 17.7 Å². The number of aryl methyl sites for hydroxylation is 1. The molecule has 0 bridgehead atoms. The van der Waals surface area contributed by atoms with Crippen molar-refractivity contribution in [1.29, 1.82) is 0 Å². The number of rotatable bonds is 1. The fourth-order valence-electron chi connectivity index (χ4n) is 1.78. The summed E-state index contributed by atoms with van der Waals surface area (Å²) in [6.07, 6.45) is 4.90. The summed E-state index contributed by atoms with van der Waals surface area (Å²) in [6, 6.07) is 8.48. The summed E-state index contributed by atoms with van der Waals surface area (Å²) in [6.45, 7) is 3.08. The number of anilines is 1. The Balaban J connectivity index is 0.00000128. The number of nitrogens with zero attached hydrogens (tertiary/aromatic N) is 1. The molecule has 2 rings (SSSR count). The van der Waals surface area contributed by atoms with E-state index >= 15 is 0 Å². The van der Waals surface area contributed by atoms with E-state index in [1.165, 1.54) is 24.8 Å². The van der Waals surface area contributed by atoms with Crippen LogP contribution in [0.15, 0.2) is 29.3 Å². The first-order chi connectivity index (χ1) is 7.34. The molecule has 0 amide bonds. The quantitative estimate of drug-likeness (QED) is 0.751. The molecule has 0 spiro atoms. The molecule has 3 heteroatoms. The SMILES string of the molecule is Cc1ccc(NC2=NCCCCC2)cc1.[Cl-]. The largest absolute Gasteiger partial charge is 1.00 e. The molecule has 0 aromatic heterocycles. The lowest BCUT2D eigenvalue weighted by atomic mass is 10.2. The molecule has 2 nitrogen and oxygen atoms in total. The monoisotopic (exact) mass is 237 g/mol. The van der Waals surface area contributed by atoms with Crippen LogP contribution in [0.1, 0.15) is 31.2 Å². The third-order valence-corrected chi connectivity index (χ3v) is 2.71. The first kappa shape index (κ1) is 13.0. The molecule has 1 aromatic rings. The first-order valence-electron chi connectivity index (χ1n) is 5.71. The number of hydrogen-bond acceptors (Lipinski definition) is 2. The molecule has 0 aliphatic carbocycles. The Morgan fingerprint density at radius 2 is 1.81 bits per heavy atom. The summed E-state index contributed by atoms with van der Waals surface area (Å²) in [5.74, 6) is 1.15. The van der Waals surface area contributed by atoms with Gasteiger partial charge in [0.1, 0.15) is 5.84 Å². The summed E-state index contributed by atoms with van der Waals surface area (Å²) in [5.41, 5.74) is 2.45. The fourth-order valence-corrected chi connectivity index (χ4v) is 1.78. The fraction of sp³-hybridized carbons (Fsp3) is 0.462. The van der Waals surface area contributed by atoms with Gasteiger partial charge in [0.25, 0.3) is 0 Å². The molecule has 0 saturated heterocycles. The summed E-state index contributed by atoms with van der Waals surface area (Å²) >= 11 is 0. The van der Waals surface area contributed by atoms with Crippen LogP contribution >= 0.6 is 0 Å². The van der Waals surface area contributed by atoms with E-state index in [1.54, 1.807) is 0 Å².